The summed E-state index contributed by atoms with van der Waals surface area (Å²) in [6.07, 6.45) is 3.51. The topological polar surface area (TPSA) is 42.0 Å². The molecule has 0 spiro atoms. The predicted molar refractivity (Wildman–Crippen MR) is 74.6 cm³/mol. The first-order chi connectivity index (χ1) is 8.38. The van der Waals surface area contributed by atoms with Gasteiger partial charge in [0.2, 0.25) is 5.91 Å². The lowest BCUT2D eigenvalue weighted by molar-refractivity contribution is -0.123. The molecule has 2 aromatic rings. The first-order valence-corrected chi connectivity index (χ1v) is 6.04. The Morgan fingerprint density at radius 1 is 1.22 bits per heavy atom. The molecule has 0 saturated heterocycles. The maximum absolute atomic E-state index is 12.0. The molecule has 94 valence electrons. The Bertz CT molecular complexity index is 597. The normalized spacial score (nSPS) is 11.6. The Morgan fingerprint density at radius 3 is 2.61 bits per heavy atom. The van der Waals surface area contributed by atoms with E-state index in [1.54, 1.807) is 6.20 Å². The number of benzene rings is 1. The van der Waals surface area contributed by atoms with Gasteiger partial charge in [0.1, 0.15) is 0 Å². The second-order valence-corrected chi connectivity index (χ2v) is 5.62. The number of anilines is 1. The summed E-state index contributed by atoms with van der Waals surface area (Å²) < 4.78 is 0. The molecule has 0 bridgehead atoms. The van der Waals surface area contributed by atoms with Gasteiger partial charge in [0.25, 0.3) is 0 Å². The van der Waals surface area contributed by atoms with E-state index < -0.39 is 5.41 Å². The van der Waals surface area contributed by atoms with Gasteiger partial charge in [0, 0.05) is 22.4 Å². The van der Waals surface area contributed by atoms with Crippen LogP contribution in [0.4, 0.5) is 5.69 Å². The van der Waals surface area contributed by atoms with Gasteiger partial charge in [0.05, 0.1) is 11.9 Å². The van der Waals surface area contributed by atoms with Gasteiger partial charge in [-0.25, -0.2) is 0 Å². The number of rotatable bonds is 1. The maximum atomic E-state index is 12.0. The summed E-state index contributed by atoms with van der Waals surface area (Å²) in [4.78, 5) is 16.2. The number of pyridine rings is 1. The Balaban J connectivity index is 2.45. The fourth-order valence-electron chi connectivity index (χ4n) is 1.69. The molecule has 18 heavy (non-hydrogen) atoms. The number of aryl methyl sites for hydroxylation is 1. The Labute approximate surface area is 107 Å². The van der Waals surface area contributed by atoms with E-state index in [-0.39, 0.29) is 5.91 Å². The zero-order valence-electron chi connectivity index (χ0n) is 11.2. The third kappa shape index (κ3) is 2.50. The molecular weight excluding hydrogens is 224 g/mol. The van der Waals surface area contributed by atoms with Crippen LogP contribution in [0.2, 0.25) is 0 Å². The van der Waals surface area contributed by atoms with Crippen LogP contribution >= 0.6 is 0 Å². The minimum atomic E-state index is -0.411. The van der Waals surface area contributed by atoms with Crippen molar-refractivity contribution in [3.05, 3.63) is 36.2 Å². The summed E-state index contributed by atoms with van der Waals surface area (Å²) in [7, 11) is 0. The predicted octanol–water partition coefficient (Wildman–Crippen LogP) is 3.53. The van der Waals surface area contributed by atoms with Crippen LogP contribution in [0.25, 0.3) is 10.8 Å². The van der Waals surface area contributed by atoms with Crippen LogP contribution in [0.1, 0.15) is 26.3 Å². The summed E-state index contributed by atoms with van der Waals surface area (Å²) in [6.45, 7) is 7.72. The highest BCUT2D eigenvalue weighted by molar-refractivity contribution is 6.03. The summed E-state index contributed by atoms with van der Waals surface area (Å²) in [5, 5.41) is 5.02. The maximum Gasteiger partial charge on any atom is 0.229 e. The van der Waals surface area contributed by atoms with Crippen LogP contribution < -0.4 is 5.32 Å². The fourth-order valence-corrected chi connectivity index (χ4v) is 1.69. The molecule has 0 aliphatic rings. The van der Waals surface area contributed by atoms with E-state index in [4.69, 9.17) is 0 Å². The number of hydrogen-bond acceptors (Lipinski definition) is 2. The third-order valence-electron chi connectivity index (χ3n) is 2.85. The molecule has 3 nitrogen and oxygen atoms in total. The second-order valence-electron chi connectivity index (χ2n) is 5.62. The minimum absolute atomic E-state index is 0.00157. The molecule has 0 aliphatic carbocycles. The van der Waals surface area contributed by atoms with E-state index in [1.807, 2.05) is 46.0 Å². The van der Waals surface area contributed by atoms with Crippen molar-refractivity contribution < 1.29 is 4.79 Å². The summed E-state index contributed by atoms with van der Waals surface area (Å²) >= 11 is 0. The van der Waals surface area contributed by atoms with Crippen molar-refractivity contribution in [3.63, 3.8) is 0 Å². The standard InChI is InChI=1S/C15H18N2O/c1-10-5-6-11-8-16-9-13(12(11)7-10)17-14(18)15(2,3)4/h5-9H,1-4H3,(H,17,18). The van der Waals surface area contributed by atoms with E-state index in [0.717, 1.165) is 16.5 Å². The van der Waals surface area contributed by atoms with E-state index in [0.29, 0.717) is 0 Å². The number of fused-ring (bicyclic) bond motifs is 1. The Hall–Kier alpha value is -1.90. The summed E-state index contributed by atoms with van der Waals surface area (Å²) in [6, 6.07) is 6.12. The van der Waals surface area contributed by atoms with Gasteiger partial charge in [-0.2, -0.15) is 0 Å². The van der Waals surface area contributed by atoms with E-state index in [1.165, 1.54) is 5.56 Å². The van der Waals surface area contributed by atoms with Crippen molar-refractivity contribution >= 4 is 22.4 Å². The molecule has 1 amide bonds. The molecule has 1 aromatic heterocycles. The lowest BCUT2D eigenvalue weighted by atomic mass is 9.95. The van der Waals surface area contributed by atoms with Gasteiger partial charge in [-0.05, 0) is 13.0 Å². The molecule has 0 unspecified atom stereocenters. The summed E-state index contributed by atoms with van der Waals surface area (Å²) in [5.74, 6) is -0.00157. The van der Waals surface area contributed by atoms with E-state index in [2.05, 4.69) is 16.4 Å². The highest BCUT2D eigenvalue weighted by Crippen LogP contribution is 2.25. The molecule has 2 rings (SSSR count). The average molecular weight is 242 g/mol. The van der Waals surface area contributed by atoms with Gasteiger partial charge < -0.3 is 5.32 Å². The van der Waals surface area contributed by atoms with Crippen molar-refractivity contribution in [2.24, 2.45) is 5.41 Å². The second kappa shape index (κ2) is 4.41. The van der Waals surface area contributed by atoms with Crippen LogP contribution in [-0.4, -0.2) is 10.9 Å². The molecule has 1 N–H and O–H groups in total. The van der Waals surface area contributed by atoms with Crippen molar-refractivity contribution in [2.45, 2.75) is 27.7 Å². The monoisotopic (exact) mass is 242 g/mol. The molecule has 1 heterocycles. The molecule has 3 heteroatoms. The lowest BCUT2D eigenvalue weighted by Gasteiger charge is -2.18. The molecule has 1 aromatic carbocycles. The van der Waals surface area contributed by atoms with Crippen LogP contribution in [0, 0.1) is 12.3 Å². The van der Waals surface area contributed by atoms with Gasteiger partial charge in [0.15, 0.2) is 0 Å². The Kier molecular flexibility index (Phi) is 3.07. The van der Waals surface area contributed by atoms with Crippen molar-refractivity contribution in [1.29, 1.82) is 0 Å². The summed E-state index contributed by atoms with van der Waals surface area (Å²) in [5.41, 5.74) is 1.53. The number of hydrogen-bond donors (Lipinski definition) is 1. The van der Waals surface area contributed by atoms with Gasteiger partial charge >= 0.3 is 0 Å². The smallest absolute Gasteiger partial charge is 0.229 e. The van der Waals surface area contributed by atoms with Crippen molar-refractivity contribution in [1.82, 2.24) is 4.98 Å². The van der Waals surface area contributed by atoms with Crippen LogP contribution in [-0.2, 0) is 4.79 Å². The first kappa shape index (κ1) is 12.6. The van der Waals surface area contributed by atoms with E-state index in [9.17, 15) is 4.79 Å². The van der Waals surface area contributed by atoms with Gasteiger partial charge in [-0.3, -0.25) is 9.78 Å². The molecular formula is C15H18N2O. The minimum Gasteiger partial charge on any atom is -0.324 e. The number of carbonyl (C=O) groups is 1. The first-order valence-electron chi connectivity index (χ1n) is 6.04. The van der Waals surface area contributed by atoms with Crippen LogP contribution in [0.3, 0.4) is 0 Å². The number of aromatic nitrogens is 1. The van der Waals surface area contributed by atoms with Gasteiger partial charge in [-0.1, -0.05) is 38.5 Å². The quantitative estimate of drug-likeness (QED) is 0.831. The third-order valence-corrected chi connectivity index (χ3v) is 2.85. The number of carbonyl (C=O) groups excluding carboxylic acids is 1. The fraction of sp³-hybridized carbons (Fsp3) is 0.333. The van der Waals surface area contributed by atoms with Crippen molar-refractivity contribution in [2.75, 3.05) is 5.32 Å². The molecule has 0 saturated carbocycles. The molecule has 0 aliphatic heterocycles. The lowest BCUT2D eigenvalue weighted by Crippen LogP contribution is -2.27. The molecule has 0 radical (unpaired) electrons. The molecule has 0 atom stereocenters. The van der Waals surface area contributed by atoms with Gasteiger partial charge in [-0.15, -0.1) is 0 Å². The number of amides is 1. The SMILES string of the molecule is Cc1ccc2cncc(NC(=O)C(C)(C)C)c2c1. The van der Waals surface area contributed by atoms with Crippen LogP contribution in [0.15, 0.2) is 30.6 Å². The average Bonchev–Trinajstić information content (AvgIpc) is 2.28. The van der Waals surface area contributed by atoms with Crippen molar-refractivity contribution in [3.8, 4) is 0 Å². The van der Waals surface area contributed by atoms with Crippen LogP contribution in [0.5, 0.6) is 0 Å². The Morgan fingerprint density at radius 2 is 1.94 bits per heavy atom. The highest BCUT2D eigenvalue weighted by atomic mass is 16.2. The van der Waals surface area contributed by atoms with E-state index >= 15 is 0 Å². The molecule has 0 fully saturated rings. The number of nitrogens with zero attached hydrogens (tertiary/aromatic N) is 1. The largest absolute Gasteiger partial charge is 0.324 e. The zero-order valence-corrected chi connectivity index (χ0v) is 11.2. The zero-order chi connectivity index (χ0) is 13.3. The highest BCUT2D eigenvalue weighted by Gasteiger charge is 2.21. The number of nitrogens with one attached hydrogen (secondary N) is 1.